The summed E-state index contributed by atoms with van der Waals surface area (Å²) < 4.78 is 0. The molecule has 0 aromatic heterocycles. The average molecular weight is 157 g/mol. The second-order valence-corrected chi connectivity index (χ2v) is 3.69. The van der Waals surface area contributed by atoms with Gasteiger partial charge in [0.15, 0.2) is 0 Å². The normalized spacial score (nSPS) is 13.9. The first-order valence-corrected chi connectivity index (χ1v) is 4.91. The van der Waals surface area contributed by atoms with Gasteiger partial charge < -0.3 is 5.32 Å². The van der Waals surface area contributed by atoms with Gasteiger partial charge in [-0.25, -0.2) is 0 Å². The molecule has 0 rings (SSSR count). The fraction of sp³-hybridized carbons (Fsp3) is 1.00. The van der Waals surface area contributed by atoms with E-state index in [1.807, 2.05) is 0 Å². The van der Waals surface area contributed by atoms with E-state index in [0.717, 1.165) is 5.92 Å². The predicted octanol–water partition coefficient (Wildman–Crippen LogP) is 2.81. The molecule has 0 fully saturated rings. The zero-order valence-corrected chi connectivity index (χ0v) is 8.48. The van der Waals surface area contributed by atoms with Crippen molar-refractivity contribution >= 4 is 0 Å². The van der Waals surface area contributed by atoms with E-state index in [0.29, 0.717) is 6.04 Å². The van der Waals surface area contributed by atoms with Crippen LogP contribution in [-0.4, -0.2) is 12.6 Å². The van der Waals surface area contributed by atoms with Crippen molar-refractivity contribution in [3.8, 4) is 0 Å². The van der Waals surface area contributed by atoms with Crippen LogP contribution in [-0.2, 0) is 0 Å². The SMILES string of the molecule is CCCCCNC(C)C(C)C. The molecular weight excluding hydrogens is 134 g/mol. The first-order chi connectivity index (χ1) is 5.18. The van der Waals surface area contributed by atoms with Gasteiger partial charge in [-0.05, 0) is 25.8 Å². The lowest BCUT2D eigenvalue weighted by Gasteiger charge is -2.16. The molecule has 1 nitrogen and oxygen atoms in total. The van der Waals surface area contributed by atoms with Crippen LogP contribution in [0.4, 0.5) is 0 Å². The van der Waals surface area contributed by atoms with Crippen molar-refractivity contribution in [1.29, 1.82) is 0 Å². The fourth-order valence-corrected chi connectivity index (χ4v) is 0.940. The maximum atomic E-state index is 3.52. The van der Waals surface area contributed by atoms with Gasteiger partial charge in [-0.2, -0.15) is 0 Å². The predicted molar refractivity (Wildman–Crippen MR) is 51.8 cm³/mol. The number of nitrogens with one attached hydrogen (secondary N) is 1. The van der Waals surface area contributed by atoms with Gasteiger partial charge in [-0.3, -0.25) is 0 Å². The zero-order valence-electron chi connectivity index (χ0n) is 8.48. The number of hydrogen-bond donors (Lipinski definition) is 1. The Morgan fingerprint density at radius 3 is 2.18 bits per heavy atom. The Morgan fingerprint density at radius 1 is 1.09 bits per heavy atom. The molecule has 1 N–H and O–H groups in total. The van der Waals surface area contributed by atoms with E-state index in [-0.39, 0.29) is 0 Å². The molecular formula is C10H23N. The molecule has 0 aliphatic rings. The van der Waals surface area contributed by atoms with Crippen molar-refractivity contribution in [2.75, 3.05) is 6.54 Å². The van der Waals surface area contributed by atoms with Gasteiger partial charge in [0.1, 0.15) is 0 Å². The molecule has 0 spiro atoms. The smallest absolute Gasteiger partial charge is 0.00617 e. The summed E-state index contributed by atoms with van der Waals surface area (Å²) in [5, 5.41) is 3.52. The van der Waals surface area contributed by atoms with Crippen LogP contribution in [0.1, 0.15) is 47.0 Å². The van der Waals surface area contributed by atoms with Crippen molar-refractivity contribution in [2.45, 2.75) is 53.0 Å². The highest BCUT2D eigenvalue weighted by Gasteiger charge is 2.03. The molecule has 0 aromatic carbocycles. The fourth-order valence-electron chi connectivity index (χ4n) is 0.940. The molecule has 0 aromatic rings. The van der Waals surface area contributed by atoms with E-state index >= 15 is 0 Å². The van der Waals surface area contributed by atoms with Crippen molar-refractivity contribution < 1.29 is 0 Å². The first kappa shape index (κ1) is 11.0. The Hall–Kier alpha value is -0.0400. The van der Waals surface area contributed by atoms with Crippen LogP contribution in [0.3, 0.4) is 0 Å². The van der Waals surface area contributed by atoms with Crippen LogP contribution in [0.25, 0.3) is 0 Å². The summed E-state index contributed by atoms with van der Waals surface area (Å²) in [6.45, 7) is 10.2. The minimum atomic E-state index is 0.673. The molecule has 0 amide bonds. The Kier molecular flexibility index (Phi) is 6.63. The van der Waals surface area contributed by atoms with Crippen molar-refractivity contribution in [3.63, 3.8) is 0 Å². The highest BCUT2D eigenvalue weighted by Crippen LogP contribution is 2.00. The van der Waals surface area contributed by atoms with Crippen LogP contribution < -0.4 is 5.32 Å². The van der Waals surface area contributed by atoms with E-state index in [4.69, 9.17) is 0 Å². The van der Waals surface area contributed by atoms with E-state index in [1.54, 1.807) is 0 Å². The van der Waals surface area contributed by atoms with Crippen LogP contribution in [0.2, 0.25) is 0 Å². The minimum absolute atomic E-state index is 0.673. The third-order valence-corrected chi connectivity index (χ3v) is 2.25. The lowest BCUT2D eigenvalue weighted by atomic mass is 10.1. The summed E-state index contributed by atoms with van der Waals surface area (Å²) in [5.74, 6) is 0.761. The van der Waals surface area contributed by atoms with E-state index < -0.39 is 0 Å². The standard InChI is InChI=1S/C10H23N/c1-5-6-7-8-11-10(4)9(2)3/h9-11H,5-8H2,1-4H3. The van der Waals surface area contributed by atoms with Gasteiger partial charge in [0, 0.05) is 6.04 Å². The van der Waals surface area contributed by atoms with Crippen LogP contribution in [0, 0.1) is 5.92 Å². The summed E-state index contributed by atoms with van der Waals surface area (Å²) in [4.78, 5) is 0. The maximum absolute atomic E-state index is 3.52. The highest BCUT2D eigenvalue weighted by atomic mass is 14.9. The number of rotatable bonds is 6. The molecule has 11 heavy (non-hydrogen) atoms. The van der Waals surface area contributed by atoms with Gasteiger partial charge in [-0.1, -0.05) is 33.6 Å². The third-order valence-electron chi connectivity index (χ3n) is 2.25. The molecule has 0 saturated carbocycles. The van der Waals surface area contributed by atoms with Crippen molar-refractivity contribution in [1.82, 2.24) is 5.32 Å². The monoisotopic (exact) mass is 157 g/mol. The van der Waals surface area contributed by atoms with Gasteiger partial charge in [-0.15, -0.1) is 0 Å². The Labute approximate surface area is 71.6 Å². The Morgan fingerprint density at radius 2 is 1.73 bits per heavy atom. The first-order valence-electron chi connectivity index (χ1n) is 4.91. The minimum Gasteiger partial charge on any atom is -0.314 e. The van der Waals surface area contributed by atoms with Crippen LogP contribution >= 0.6 is 0 Å². The number of unbranched alkanes of at least 4 members (excludes halogenated alkanes) is 2. The van der Waals surface area contributed by atoms with E-state index in [9.17, 15) is 0 Å². The second kappa shape index (κ2) is 6.66. The molecule has 0 aliphatic heterocycles. The van der Waals surface area contributed by atoms with Gasteiger partial charge in [0.25, 0.3) is 0 Å². The maximum Gasteiger partial charge on any atom is 0.00617 e. The summed E-state index contributed by atoms with van der Waals surface area (Å²) in [6.07, 6.45) is 4.00. The molecule has 68 valence electrons. The summed E-state index contributed by atoms with van der Waals surface area (Å²) >= 11 is 0. The highest BCUT2D eigenvalue weighted by molar-refractivity contribution is 4.63. The summed E-state index contributed by atoms with van der Waals surface area (Å²) in [5.41, 5.74) is 0. The molecule has 0 saturated heterocycles. The Bertz CT molecular complexity index is 78.9. The number of hydrogen-bond acceptors (Lipinski definition) is 1. The molecule has 1 atom stereocenters. The quantitative estimate of drug-likeness (QED) is 0.585. The topological polar surface area (TPSA) is 12.0 Å². The van der Waals surface area contributed by atoms with Crippen molar-refractivity contribution in [3.05, 3.63) is 0 Å². The molecule has 0 aliphatic carbocycles. The lowest BCUT2D eigenvalue weighted by molar-refractivity contribution is 0.421. The van der Waals surface area contributed by atoms with Crippen LogP contribution in [0.15, 0.2) is 0 Å². The molecule has 0 heterocycles. The van der Waals surface area contributed by atoms with Gasteiger partial charge >= 0.3 is 0 Å². The lowest BCUT2D eigenvalue weighted by Crippen LogP contribution is -2.31. The second-order valence-electron chi connectivity index (χ2n) is 3.69. The van der Waals surface area contributed by atoms with Crippen LogP contribution in [0.5, 0.6) is 0 Å². The van der Waals surface area contributed by atoms with E-state index in [2.05, 4.69) is 33.0 Å². The van der Waals surface area contributed by atoms with Gasteiger partial charge in [0.2, 0.25) is 0 Å². The third kappa shape index (κ3) is 6.36. The molecule has 1 unspecified atom stereocenters. The summed E-state index contributed by atoms with van der Waals surface area (Å²) in [7, 11) is 0. The molecule has 0 radical (unpaired) electrons. The van der Waals surface area contributed by atoms with E-state index in [1.165, 1.54) is 25.8 Å². The molecule has 1 heteroatoms. The molecule has 0 bridgehead atoms. The van der Waals surface area contributed by atoms with Crippen molar-refractivity contribution in [2.24, 2.45) is 5.92 Å². The average Bonchev–Trinajstić information content (AvgIpc) is 1.97. The summed E-state index contributed by atoms with van der Waals surface area (Å²) in [6, 6.07) is 0.673. The van der Waals surface area contributed by atoms with Gasteiger partial charge in [0.05, 0.1) is 0 Å². The largest absolute Gasteiger partial charge is 0.314 e. The Balaban J connectivity index is 3.10. The zero-order chi connectivity index (χ0) is 8.69.